The second kappa shape index (κ2) is 5.03. The molecule has 1 N–H and O–H groups in total. The molecule has 0 fully saturated rings. The third-order valence-electron chi connectivity index (χ3n) is 1.97. The lowest BCUT2D eigenvalue weighted by Crippen LogP contribution is -2.33. The molecule has 5 nitrogen and oxygen atoms in total. The Bertz CT molecular complexity index is 404. The van der Waals surface area contributed by atoms with E-state index < -0.39 is 5.60 Å². The number of H-pyrrole nitrogens is 1. The second-order valence-electron chi connectivity index (χ2n) is 4.86. The number of hydrogen-bond acceptors (Lipinski definition) is 3. The number of aromatic nitrogens is 2. The molecule has 0 saturated carbocycles. The van der Waals surface area contributed by atoms with Crippen LogP contribution in [0.1, 0.15) is 32.2 Å². The summed E-state index contributed by atoms with van der Waals surface area (Å²) in [5.74, 6) is 0. The molecule has 0 bridgehead atoms. The van der Waals surface area contributed by atoms with Crippen LogP contribution in [0, 0.1) is 0 Å². The van der Waals surface area contributed by atoms with E-state index in [2.05, 4.69) is 16.8 Å². The lowest BCUT2D eigenvalue weighted by atomic mass is 10.2. The summed E-state index contributed by atoms with van der Waals surface area (Å²) in [6.45, 7) is 9.56. The number of nitrogens with one attached hydrogen (secondary N) is 1. The van der Waals surface area contributed by atoms with Crippen LogP contribution in [0.3, 0.4) is 0 Å². The smallest absolute Gasteiger partial charge is 0.410 e. The molecule has 1 aromatic heterocycles. The van der Waals surface area contributed by atoms with E-state index in [1.807, 2.05) is 26.8 Å². The molecule has 0 atom stereocenters. The van der Waals surface area contributed by atoms with Crippen molar-refractivity contribution in [3.05, 3.63) is 24.0 Å². The first kappa shape index (κ1) is 13.3. The topological polar surface area (TPSA) is 58.2 Å². The van der Waals surface area contributed by atoms with E-state index in [4.69, 9.17) is 4.74 Å². The summed E-state index contributed by atoms with van der Waals surface area (Å²) in [6, 6.07) is 1.84. The van der Waals surface area contributed by atoms with Crippen LogP contribution < -0.4 is 0 Å². The van der Waals surface area contributed by atoms with Crippen LogP contribution in [0.25, 0.3) is 6.08 Å². The molecule has 0 unspecified atom stereocenters. The predicted octanol–water partition coefficient (Wildman–Crippen LogP) is 2.42. The van der Waals surface area contributed by atoms with Crippen molar-refractivity contribution in [2.24, 2.45) is 0 Å². The van der Waals surface area contributed by atoms with E-state index >= 15 is 0 Å². The van der Waals surface area contributed by atoms with Gasteiger partial charge in [-0.05, 0) is 32.9 Å². The molecular formula is C12H19N3O2. The normalized spacial score (nSPS) is 11.1. The van der Waals surface area contributed by atoms with Gasteiger partial charge in [-0.3, -0.25) is 5.10 Å². The average Bonchev–Trinajstić information content (AvgIpc) is 2.62. The highest BCUT2D eigenvalue weighted by molar-refractivity contribution is 5.67. The summed E-state index contributed by atoms with van der Waals surface area (Å²) < 4.78 is 5.24. The number of hydrogen-bond donors (Lipinski definition) is 1. The fourth-order valence-corrected chi connectivity index (χ4v) is 1.22. The molecule has 1 aromatic rings. The monoisotopic (exact) mass is 237 g/mol. The van der Waals surface area contributed by atoms with E-state index in [1.165, 1.54) is 4.90 Å². The van der Waals surface area contributed by atoms with Gasteiger partial charge in [0, 0.05) is 7.05 Å². The molecule has 17 heavy (non-hydrogen) atoms. The lowest BCUT2D eigenvalue weighted by Gasteiger charge is -2.24. The van der Waals surface area contributed by atoms with Crippen molar-refractivity contribution in [3.63, 3.8) is 0 Å². The Balaban J connectivity index is 2.56. The SMILES string of the molecule is C=Cc1cc(CN(C)C(=O)OC(C)(C)C)[nH]n1. The number of rotatable bonds is 3. The summed E-state index contributed by atoms with van der Waals surface area (Å²) in [7, 11) is 1.68. The Labute approximate surface area is 101 Å². The van der Waals surface area contributed by atoms with Crippen molar-refractivity contribution in [2.45, 2.75) is 32.9 Å². The molecule has 0 saturated heterocycles. The molecule has 94 valence electrons. The fraction of sp³-hybridized carbons (Fsp3) is 0.500. The van der Waals surface area contributed by atoms with Gasteiger partial charge in [-0.15, -0.1) is 0 Å². The third-order valence-corrected chi connectivity index (χ3v) is 1.97. The maximum Gasteiger partial charge on any atom is 0.410 e. The van der Waals surface area contributed by atoms with E-state index in [0.717, 1.165) is 11.4 Å². The Morgan fingerprint density at radius 1 is 1.65 bits per heavy atom. The van der Waals surface area contributed by atoms with Gasteiger partial charge in [0.2, 0.25) is 0 Å². The zero-order valence-electron chi connectivity index (χ0n) is 10.8. The van der Waals surface area contributed by atoms with Crippen molar-refractivity contribution in [1.29, 1.82) is 0 Å². The van der Waals surface area contributed by atoms with Gasteiger partial charge in [-0.2, -0.15) is 5.10 Å². The Kier molecular flexibility index (Phi) is 3.93. The van der Waals surface area contributed by atoms with Gasteiger partial charge in [0.05, 0.1) is 17.9 Å². The highest BCUT2D eigenvalue weighted by Crippen LogP contribution is 2.11. The van der Waals surface area contributed by atoms with Crippen LogP contribution in [0.2, 0.25) is 0 Å². The van der Waals surface area contributed by atoms with Crippen LogP contribution in [0.4, 0.5) is 4.79 Å². The molecule has 0 aliphatic heterocycles. The lowest BCUT2D eigenvalue weighted by molar-refractivity contribution is 0.0283. The van der Waals surface area contributed by atoms with Gasteiger partial charge in [0.15, 0.2) is 0 Å². The summed E-state index contributed by atoms with van der Waals surface area (Å²) >= 11 is 0. The number of nitrogens with zero attached hydrogens (tertiary/aromatic N) is 2. The van der Waals surface area contributed by atoms with Gasteiger partial charge in [0.1, 0.15) is 5.60 Å². The number of carbonyl (C=O) groups excluding carboxylic acids is 1. The first-order valence-corrected chi connectivity index (χ1v) is 5.42. The Morgan fingerprint density at radius 3 is 2.76 bits per heavy atom. The molecule has 0 aromatic carbocycles. The minimum Gasteiger partial charge on any atom is -0.444 e. The van der Waals surface area contributed by atoms with E-state index in [-0.39, 0.29) is 6.09 Å². The first-order valence-electron chi connectivity index (χ1n) is 5.42. The quantitative estimate of drug-likeness (QED) is 0.878. The minimum absolute atomic E-state index is 0.354. The molecular weight excluding hydrogens is 218 g/mol. The molecule has 0 radical (unpaired) electrons. The second-order valence-corrected chi connectivity index (χ2v) is 4.86. The third kappa shape index (κ3) is 4.30. The molecule has 0 aliphatic carbocycles. The zero-order chi connectivity index (χ0) is 13.1. The van der Waals surface area contributed by atoms with Gasteiger partial charge in [-0.1, -0.05) is 6.58 Å². The first-order chi connectivity index (χ1) is 7.81. The molecule has 1 heterocycles. The van der Waals surface area contributed by atoms with Gasteiger partial charge in [0.25, 0.3) is 0 Å². The van der Waals surface area contributed by atoms with Crippen LogP contribution in [0.15, 0.2) is 12.6 Å². The van der Waals surface area contributed by atoms with Crippen LogP contribution in [0.5, 0.6) is 0 Å². The van der Waals surface area contributed by atoms with Crippen molar-refractivity contribution in [3.8, 4) is 0 Å². The van der Waals surface area contributed by atoms with Crippen LogP contribution in [-0.2, 0) is 11.3 Å². The van der Waals surface area contributed by atoms with Crippen LogP contribution in [-0.4, -0.2) is 33.8 Å². The van der Waals surface area contributed by atoms with Gasteiger partial charge >= 0.3 is 6.09 Å². The van der Waals surface area contributed by atoms with Crippen molar-refractivity contribution < 1.29 is 9.53 Å². The highest BCUT2D eigenvalue weighted by atomic mass is 16.6. The van der Waals surface area contributed by atoms with Crippen molar-refractivity contribution >= 4 is 12.2 Å². The number of carbonyl (C=O) groups is 1. The molecule has 1 rings (SSSR count). The highest BCUT2D eigenvalue weighted by Gasteiger charge is 2.19. The predicted molar refractivity (Wildman–Crippen MR) is 66.4 cm³/mol. The summed E-state index contributed by atoms with van der Waals surface area (Å²) in [5, 5.41) is 6.83. The van der Waals surface area contributed by atoms with Crippen LogP contribution >= 0.6 is 0 Å². The standard InChI is InChI=1S/C12H19N3O2/c1-6-9-7-10(14-13-9)8-15(5)11(16)17-12(2,3)4/h6-7H,1,8H2,2-5H3,(H,13,14). The molecule has 0 aliphatic rings. The summed E-state index contributed by atoms with van der Waals surface area (Å²) in [5.41, 5.74) is 1.12. The number of amides is 1. The molecule has 5 heteroatoms. The maximum absolute atomic E-state index is 11.7. The summed E-state index contributed by atoms with van der Waals surface area (Å²) in [6.07, 6.45) is 1.29. The minimum atomic E-state index is -0.481. The average molecular weight is 237 g/mol. The van der Waals surface area contributed by atoms with Gasteiger partial charge < -0.3 is 9.64 Å². The van der Waals surface area contributed by atoms with E-state index in [1.54, 1.807) is 13.1 Å². The number of aromatic amines is 1. The number of ether oxygens (including phenoxy) is 1. The fourth-order valence-electron chi connectivity index (χ4n) is 1.22. The molecule has 0 spiro atoms. The maximum atomic E-state index is 11.7. The van der Waals surface area contributed by atoms with E-state index in [0.29, 0.717) is 6.54 Å². The van der Waals surface area contributed by atoms with Gasteiger partial charge in [-0.25, -0.2) is 4.79 Å². The van der Waals surface area contributed by atoms with E-state index in [9.17, 15) is 4.79 Å². The Morgan fingerprint density at radius 2 is 2.29 bits per heavy atom. The molecule has 1 amide bonds. The largest absolute Gasteiger partial charge is 0.444 e. The zero-order valence-corrected chi connectivity index (χ0v) is 10.8. The summed E-state index contributed by atoms with van der Waals surface area (Å²) in [4.78, 5) is 13.2. The van der Waals surface area contributed by atoms with Crippen molar-refractivity contribution in [1.82, 2.24) is 15.1 Å². The Hall–Kier alpha value is -1.78. The van der Waals surface area contributed by atoms with Crippen molar-refractivity contribution in [2.75, 3.05) is 7.05 Å².